The number of halogens is 2. The molecule has 1 aliphatic rings. The van der Waals surface area contributed by atoms with Crippen LogP contribution in [0.15, 0.2) is 18.2 Å². The maximum absolute atomic E-state index is 9.76. The minimum Gasteiger partial charge on any atom is -0.491 e. The lowest BCUT2D eigenvalue weighted by Crippen LogP contribution is -2.41. The molecule has 0 spiro atoms. The maximum atomic E-state index is 9.76. The van der Waals surface area contributed by atoms with E-state index in [4.69, 9.17) is 10.5 Å². The smallest absolute Gasteiger partial charge is 0.122 e. The first-order chi connectivity index (χ1) is 8.66. The van der Waals surface area contributed by atoms with Crippen molar-refractivity contribution in [2.75, 3.05) is 13.2 Å². The Bertz CT molecular complexity index is 403. The van der Waals surface area contributed by atoms with E-state index in [1.54, 1.807) is 0 Å². The first-order valence-electron chi connectivity index (χ1n) is 6.57. The zero-order valence-electron chi connectivity index (χ0n) is 11.7. The molecular formula is C14H24Cl2N2O2. The van der Waals surface area contributed by atoms with E-state index in [9.17, 15) is 5.11 Å². The number of ether oxygens (including phenoxy) is 1. The second-order valence-electron chi connectivity index (χ2n) is 4.91. The van der Waals surface area contributed by atoms with Crippen LogP contribution in [0.25, 0.3) is 0 Å². The van der Waals surface area contributed by atoms with Gasteiger partial charge in [-0.3, -0.25) is 5.32 Å². The topological polar surface area (TPSA) is 67.5 Å². The van der Waals surface area contributed by atoms with Crippen LogP contribution in [0.3, 0.4) is 0 Å². The van der Waals surface area contributed by atoms with Gasteiger partial charge in [0, 0.05) is 6.54 Å². The quantitative estimate of drug-likeness (QED) is 0.697. The Morgan fingerprint density at radius 3 is 2.80 bits per heavy atom. The van der Waals surface area contributed by atoms with Crippen molar-refractivity contribution < 1.29 is 9.84 Å². The van der Waals surface area contributed by atoms with Gasteiger partial charge in [-0.2, -0.15) is 0 Å². The van der Waals surface area contributed by atoms with Gasteiger partial charge >= 0.3 is 0 Å². The standard InChI is InChI=1S/C14H22N2O2.2ClH/c1-10(15)16-8-12(17)9-18-14-7-3-5-11-4-2-6-13(11)14;;/h3,5,7,10,12,16-17H,2,4,6,8-9,15H2,1H3;2*1H. The van der Waals surface area contributed by atoms with E-state index in [1.165, 1.54) is 17.5 Å². The number of benzene rings is 1. The van der Waals surface area contributed by atoms with Crippen LogP contribution in [0.4, 0.5) is 0 Å². The number of nitrogens with one attached hydrogen (secondary N) is 1. The minimum absolute atomic E-state index is 0. The van der Waals surface area contributed by atoms with Crippen LogP contribution in [0.1, 0.15) is 24.5 Å². The number of hydrogen-bond donors (Lipinski definition) is 3. The molecule has 0 aromatic heterocycles. The Hall–Kier alpha value is -0.520. The number of aliphatic hydroxyl groups excluding tert-OH is 1. The molecule has 0 amide bonds. The Morgan fingerprint density at radius 1 is 1.35 bits per heavy atom. The molecule has 116 valence electrons. The van der Waals surface area contributed by atoms with Crippen LogP contribution < -0.4 is 15.8 Å². The third kappa shape index (κ3) is 5.46. The number of fused-ring (bicyclic) bond motifs is 1. The zero-order chi connectivity index (χ0) is 13.0. The van der Waals surface area contributed by atoms with Crippen molar-refractivity contribution >= 4 is 24.8 Å². The summed E-state index contributed by atoms with van der Waals surface area (Å²) in [7, 11) is 0. The highest BCUT2D eigenvalue weighted by molar-refractivity contribution is 5.85. The second-order valence-corrected chi connectivity index (χ2v) is 4.91. The summed E-state index contributed by atoms with van der Waals surface area (Å²) >= 11 is 0. The molecule has 0 saturated carbocycles. The average Bonchev–Trinajstić information content (AvgIpc) is 2.82. The highest BCUT2D eigenvalue weighted by atomic mass is 35.5. The largest absolute Gasteiger partial charge is 0.491 e. The molecule has 0 bridgehead atoms. The summed E-state index contributed by atoms with van der Waals surface area (Å²) in [5.41, 5.74) is 8.25. The van der Waals surface area contributed by atoms with E-state index in [1.807, 2.05) is 19.1 Å². The number of aliphatic hydroxyl groups is 1. The van der Waals surface area contributed by atoms with Crippen molar-refractivity contribution in [2.24, 2.45) is 5.73 Å². The number of rotatable bonds is 6. The first-order valence-corrected chi connectivity index (χ1v) is 6.57. The summed E-state index contributed by atoms with van der Waals surface area (Å²) in [6, 6.07) is 6.16. The fraction of sp³-hybridized carbons (Fsp3) is 0.571. The van der Waals surface area contributed by atoms with Gasteiger partial charge in [-0.25, -0.2) is 0 Å². The van der Waals surface area contributed by atoms with E-state index in [0.717, 1.165) is 18.6 Å². The van der Waals surface area contributed by atoms with Crippen LogP contribution in [0.5, 0.6) is 5.75 Å². The van der Waals surface area contributed by atoms with Crippen LogP contribution >= 0.6 is 24.8 Å². The molecule has 4 N–H and O–H groups in total. The molecule has 1 aliphatic carbocycles. The van der Waals surface area contributed by atoms with Gasteiger partial charge < -0.3 is 15.6 Å². The van der Waals surface area contributed by atoms with E-state index in [2.05, 4.69) is 11.4 Å². The Labute approximate surface area is 132 Å². The highest BCUT2D eigenvalue weighted by Crippen LogP contribution is 2.30. The molecule has 0 heterocycles. The van der Waals surface area contributed by atoms with Gasteiger partial charge in [-0.1, -0.05) is 12.1 Å². The predicted molar refractivity (Wildman–Crippen MR) is 86.1 cm³/mol. The van der Waals surface area contributed by atoms with E-state index < -0.39 is 6.10 Å². The van der Waals surface area contributed by atoms with Gasteiger partial charge in [0.25, 0.3) is 0 Å². The third-order valence-corrected chi connectivity index (χ3v) is 3.21. The zero-order valence-corrected chi connectivity index (χ0v) is 13.3. The molecule has 1 aromatic rings. The van der Waals surface area contributed by atoms with E-state index in [0.29, 0.717) is 13.2 Å². The molecule has 0 aliphatic heterocycles. The summed E-state index contributed by atoms with van der Waals surface area (Å²) in [4.78, 5) is 0. The van der Waals surface area contributed by atoms with Crippen molar-refractivity contribution in [3.05, 3.63) is 29.3 Å². The number of hydrogen-bond acceptors (Lipinski definition) is 4. The maximum Gasteiger partial charge on any atom is 0.122 e. The molecule has 2 unspecified atom stereocenters. The van der Waals surface area contributed by atoms with E-state index >= 15 is 0 Å². The lowest BCUT2D eigenvalue weighted by atomic mass is 10.1. The Balaban J connectivity index is 0.00000180. The molecular weight excluding hydrogens is 299 g/mol. The fourth-order valence-electron chi connectivity index (χ4n) is 2.29. The second kappa shape index (κ2) is 9.42. The Kier molecular flexibility index (Phi) is 9.18. The molecule has 1 aromatic carbocycles. The van der Waals surface area contributed by atoms with Gasteiger partial charge in [0.05, 0.1) is 6.17 Å². The third-order valence-electron chi connectivity index (χ3n) is 3.21. The highest BCUT2D eigenvalue weighted by Gasteiger charge is 2.16. The lowest BCUT2D eigenvalue weighted by Gasteiger charge is -2.16. The van der Waals surface area contributed by atoms with Crippen molar-refractivity contribution in [3.8, 4) is 5.75 Å². The van der Waals surface area contributed by atoms with Gasteiger partial charge in [-0.15, -0.1) is 24.8 Å². The normalized spacial score (nSPS) is 15.6. The monoisotopic (exact) mass is 322 g/mol. The van der Waals surface area contributed by atoms with Crippen LogP contribution in [-0.4, -0.2) is 30.5 Å². The number of nitrogens with two attached hydrogens (primary N) is 1. The molecule has 6 heteroatoms. The molecule has 0 radical (unpaired) electrons. The minimum atomic E-state index is -0.534. The van der Waals surface area contributed by atoms with Crippen molar-refractivity contribution in [1.82, 2.24) is 5.32 Å². The van der Waals surface area contributed by atoms with E-state index in [-0.39, 0.29) is 31.0 Å². The SMILES string of the molecule is CC(N)NCC(O)COc1cccc2c1CCC2.Cl.Cl. The molecule has 20 heavy (non-hydrogen) atoms. The fourth-order valence-corrected chi connectivity index (χ4v) is 2.29. The first kappa shape index (κ1) is 19.5. The summed E-state index contributed by atoms with van der Waals surface area (Å²) in [6.07, 6.45) is 2.78. The molecule has 2 atom stereocenters. The molecule has 4 nitrogen and oxygen atoms in total. The molecule has 2 rings (SSSR count). The summed E-state index contributed by atoms with van der Waals surface area (Å²) in [6.45, 7) is 2.60. The average molecular weight is 323 g/mol. The van der Waals surface area contributed by atoms with Gasteiger partial charge in [0.2, 0.25) is 0 Å². The van der Waals surface area contributed by atoms with Crippen molar-refractivity contribution in [3.63, 3.8) is 0 Å². The van der Waals surface area contributed by atoms with Gasteiger partial charge in [-0.05, 0) is 43.4 Å². The number of aryl methyl sites for hydroxylation is 1. The van der Waals surface area contributed by atoms with Crippen LogP contribution in [-0.2, 0) is 12.8 Å². The van der Waals surface area contributed by atoms with Crippen LogP contribution in [0, 0.1) is 0 Å². The van der Waals surface area contributed by atoms with Crippen molar-refractivity contribution in [2.45, 2.75) is 38.5 Å². The summed E-state index contributed by atoms with van der Waals surface area (Å²) < 4.78 is 5.71. The molecule has 0 saturated heterocycles. The van der Waals surface area contributed by atoms with Crippen molar-refractivity contribution in [1.29, 1.82) is 0 Å². The van der Waals surface area contributed by atoms with Crippen LogP contribution in [0.2, 0.25) is 0 Å². The lowest BCUT2D eigenvalue weighted by molar-refractivity contribution is 0.104. The Morgan fingerprint density at radius 2 is 2.10 bits per heavy atom. The van der Waals surface area contributed by atoms with Gasteiger partial charge in [0.1, 0.15) is 18.5 Å². The predicted octanol–water partition coefficient (Wildman–Crippen LogP) is 1.65. The summed E-state index contributed by atoms with van der Waals surface area (Å²) in [5, 5.41) is 12.7. The van der Waals surface area contributed by atoms with Gasteiger partial charge in [0.15, 0.2) is 0 Å². The molecule has 0 fully saturated rings. The summed E-state index contributed by atoms with van der Waals surface area (Å²) in [5.74, 6) is 0.921.